The van der Waals surface area contributed by atoms with Crippen LogP contribution in [0.15, 0.2) is 4.52 Å². The molecule has 6 nitrogen and oxygen atoms in total. The Morgan fingerprint density at radius 2 is 2.05 bits per heavy atom. The minimum absolute atomic E-state index is 0. The first-order valence-corrected chi connectivity index (χ1v) is 7.95. The number of carbonyl (C=O) groups excluding carboxylic acids is 1. The Hall–Kier alpha value is -1.14. The molecule has 2 N–H and O–H groups in total. The van der Waals surface area contributed by atoms with Crippen LogP contribution in [0.4, 0.5) is 0 Å². The lowest BCUT2D eigenvalue weighted by Gasteiger charge is -2.23. The summed E-state index contributed by atoms with van der Waals surface area (Å²) >= 11 is 0. The largest absolute Gasteiger partial charge is 0.337 e. The highest BCUT2D eigenvalue weighted by atomic mass is 35.5. The van der Waals surface area contributed by atoms with Crippen molar-refractivity contribution in [2.45, 2.75) is 64.0 Å². The van der Waals surface area contributed by atoms with Crippen LogP contribution in [-0.2, 0) is 10.3 Å². The standard InChI is InChI=1S/C15H24N4O2.ClH/c1-10(2)13(20)19-9-5-6-11(19)12-17-14(18-21-12)15(16)7-3-4-8-15;/h10-11H,3-9,16H2,1-2H3;1H. The minimum atomic E-state index is -0.437. The number of halogens is 1. The Labute approximate surface area is 137 Å². The van der Waals surface area contributed by atoms with Gasteiger partial charge in [-0.25, -0.2) is 0 Å². The number of aromatic nitrogens is 2. The second kappa shape index (κ2) is 6.54. The van der Waals surface area contributed by atoms with E-state index in [4.69, 9.17) is 10.3 Å². The van der Waals surface area contributed by atoms with Gasteiger partial charge in [-0.1, -0.05) is 31.8 Å². The van der Waals surface area contributed by atoms with Crippen LogP contribution in [0.3, 0.4) is 0 Å². The zero-order chi connectivity index (χ0) is 15.0. The van der Waals surface area contributed by atoms with E-state index in [1.165, 1.54) is 0 Å². The van der Waals surface area contributed by atoms with Gasteiger partial charge in [0.05, 0.1) is 5.54 Å². The molecule has 2 fully saturated rings. The van der Waals surface area contributed by atoms with Gasteiger partial charge in [-0.15, -0.1) is 12.4 Å². The van der Waals surface area contributed by atoms with Crippen molar-refractivity contribution in [3.63, 3.8) is 0 Å². The Balaban J connectivity index is 0.00000176. The van der Waals surface area contributed by atoms with E-state index < -0.39 is 5.54 Å². The first kappa shape index (κ1) is 17.2. The molecule has 2 heterocycles. The molecular formula is C15H25ClN4O2. The molecule has 1 aliphatic carbocycles. The molecule has 1 atom stereocenters. The maximum Gasteiger partial charge on any atom is 0.249 e. The maximum absolute atomic E-state index is 12.3. The molecular weight excluding hydrogens is 304 g/mol. The molecule has 1 saturated heterocycles. The van der Waals surface area contributed by atoms with Gasteiger partial charge < -0.3 is 15.2 Å². The number of likely N-dealkylation sites (tertiary alicyclic amines) is 1. The Morgan fingerprint density at radius 1 is 1.36 bits per heavy atom. The zero-order valence-corrected chi connectivity index (χ0v) is 14.1. The predicted octanol–water partition coefficient (Wildman–Crippen LogP) is 2.54. The van der Waals surface area contributed by atoms with Crippen molar-refractivity contribution in [3.8, 4) is 0 Å². The third kappa shape index (κ3) is 2.99. The summed E-state index contributed by atoms with van der Waals surface area (Å²) in [6.45, 7) is 4.61. The van der Waals surface area contributed by atoms with Crippen LogP contribution in [-0.4, -0.2) is 27.5 Å². The normalized spacial score (nSPS) is 23.8. The van der Waals surface area contributed by atoms with E-state index in [1.807, 2.05) is 18.7 Å². The summed E-state index contributed by atoms with van der Waals surface area (Å²) in [6.07, 6.45) is 5.91. The van der Waals surface area contributed by atoms with Crippen molar-refractivity contribution in [3.05, 3.63) is 11.7 Å². The second-order valence-electron chi connectivity index (χ2n) is 6.66. The van der Waals surface area contributed by atoms with Crippen molar-refractivity contribution in [1.82, 2.24) is 15.0 Å². The predicted molar refractivity (Wildman–Crippen MR) is 84.4 cm³/mol. The maximum atomic E-state index is 12.3. The van der Waals surface area contributed by atoms with Crippen molar-refractivity contribution >= 4 is 18.3 Å². The first-order chi connectivity index (χ1) is 10.0. The van der Waals surface area contributed by atoms with Gasteiger partial charge in [0.15, 0.2) is 5.82 Å². The van der Waals surface area contributed by atoms with Gasteiger partial charge in [0.25, 0.3) is 0 Å². The van der Waals surface area contributed by atoms with Gasteiger partial charge in [0.1, 0.15) is 6.04 Å². The van der Waals surface area contributed by atoms with Crippen molar-refractivity contribution < 1.29 is 9.32 Å². The lowest BCUT2D eigenvalue weighted by atomic mass is 9.98. The highest BCUT2D eigenvalue weighted by Gasteiger charge is 2.39. The molecule has 2 aliphatic rings. The smallest absolute Gasteiger partial charge is 0.249 e. The molecule has 1 saturated carbocycles. The molecule has 1 amide bonds. The summed E-state index contributed by atoms with van der Waals surface area (Å²) in [5, 5.41) is 4.10. The summed E-state index contributed by atoms with van der Waals surface area (Å²) < 4.78 is 5.45. The van der Waals surface area contributed by atoms with Gasteiger partial charge in [-0.05, 0) is 25.7 Å². The summed E-state index contributed by atoms with van der Waals surface area (Å²) in [6, 6.07) is -0.0776. The molecule has 1 aromatic heterocycles. The highest BCUT2D eigenvalue weighted by molar-refractivity contribution is 5.85. The van der Waals surface area contributed by atoms with Crippen LogP contribution < -0.4 is 5.73 Å². The summed E-state index contributed by atoms with van der Waals surface area (Å²) in [4.78, 5) is 18.7. The van der Waals surface area contributed by atoms with E-state index in [1.54, 1.807) is 0 Å². The van der Waals surface area contributed by atoms with E-state index in [0.717, 1.165) is 45.1 Å². The lowest BCUT2D eigenvalue weighted by molar-refractivity contribution is -0.135. The highest BCUT2D eigenvalue weighted by Crippen LogP contribution is 2.37. The van der Waals surface area contributed by atoms with Crippen LogP contribution in [0.1, 0.15) is 70.1 Å². The number of hydrogen-bond donors (Lipinski definition) is 1. The minimum Gasteiger partial charge on any atom is -0.337 e. The fourth-order valence-corrected chi connectivity index (χ4v) is 3.42. The van der Waals surface area contributed by atoms with Crippen LogP contribution in [0.25, 0.3) is 0 Å². The van der Waals surface area contributed by atoms with Gasteiger partial charge in [0.2, 0.25) is 11.8 Å². The molecule has 3 rings (SSSR count). The fourth-order valence-electron chi connectivity index (χ4n) is 3.42. The molecule has 1 unspecified atom stereocenters. The molecule has 0 radical (unpaired) electrons. The van der Waals surface area contributed by atoms with E-state index in [9.17, 15) is 4.79 Å². The fraction of sp³-hybridized carbons (Fsp3) is 0.800. The average Bonchev–Trinajstić information content (AvgIpc) is 3.17. The van der Waals surface area contributed by atoms with Gasteiger partial charge in [-0.3, -0.25) is 4.79 Å². The molecule has 7 heteroatoms. The van der Waals surface area contributed by atoms with E-state index in [2.05, 4.69) is 10.1 Å². The zero-order valence-electron chi connectivity index (χ0n) is 13.2. The van der Waals surface area contributed by atoms with Gasteiger partial charge in [-0.2, -0.15) is 4.98 Å². The van der Waals surface area contributed by atoms with Gasteiger partial charge in [0, 0.05) is 12.5 Å². The molecule has 0 aromatic carbocycles. The number of rotatable bonds is 3. The van der Waals surface area contributed by atoms with Crippen molar-refractivity contribution in [2.24, 2.45) is 11.7 Å². The van der Waals surface area contributed by atoms with Crippen LogP contribution >= 0.6 is 12.4 Å². The molecule has 22 heavy (non-hydrogen) atoms. The summed E-state index contributed by atoms with van der Waals surface area (Å²) in [5.74, 6) is 1.30. The lowest BCUT2D eigenvalue weighted by Crippen LogP contribution is -2.35. The van der Waals surface area contributed by atoms with Crippen LogP contribution in [0, 0.1) is 5.92 Å². The number of carbonyl (C=O) groups is 1. The number of nitrogens with two attached hydrogens (primary N) is 1. The van der Waals surface area contributed by atoms with Crippen LogP contribution in [0.2, 0.25) is 0 Å². The summed E-state index contributed by atoms with van der Waals surface area (Å²) in [5.41, 5.74) is 5.93. The second-order valence-corrected chi connectivity index (χ2v) is 6.66. The Kier molecular flexibility index (Phi) is 5.12. The quantitative estimate of drug-likeness (QED) is 0.921. The van der Waals surface area contributed by atoms with Crippen molar-refractivity contribution in [2.75, 3.05) is 6.54 Å². The number of nitrogens with zero attached hydrogens (tertiary/aromatic N) is 3. The molecule has 0 bridgehead atoms. The molecule has 1 aliphatic heterocycles. The molecule has 0 spiro atoms. The Bertz CT molecular complexity index is 525. The Morgan fingerprint density at radius 3 is 2.68 bits per heavy atom. The van der Waals surface area contributed by atoms with E-state index in [0.29, 0.717) is 11.7 Å². The number of amides is 1. The van der Waals surface area contributed by atoms with Crippen molar-refractivity contribution in [1.29, 1.82) is 0 Å². The van der Waals surface area contributed by atoms with E-state index in [-0.39, 0.29) is 30.3 Å². The molecule has 124 valence electrons. The number of hydrogen-bond acceptors (Lipinski definition) is 5. The third-order valence-electron chi connectivity index (χ3n) is 4.70. The summed E-state index contributed by atoms with van der Waals surface area (Å²) in [7, 11) is 0. The van der Waals surface area contributed by atoms with Gasteiger partial charge >= 0.3 is 0 Å². The van der Waals surface area contributed by atoms with E-state index >= 15 is 0 Å². The van der Waals surface area contributed by atoms with Crippen LogP contribution in [0.5, 0.6) is 0 Å². The average molecular weight is 329 g/mol. The topological polar surface area (TPSA) is 85.2 Å². The SMILES string of the molecule is CC(C)C(=O)N1CCCC1c1nc(C2(N)CCCC2)no1.Cl. The third-order valence-corrected chi connectivity index (χ3v) is 4.70. The molecule has 1 aromatic rings. The first-order valence-electron chi connectivity index (χ1n) is 7.95. The monoisotopic (exact) mass is 328 g/mol.